The average Bonchev–Trinajstić information content (AvgIpc) is 3.40. The van der Waals surface area contributed by atoms with Gasteiger partial charge in [0.25, 0.3) is 0 Å². The third kappa shape index (κ3) is 60.2. The van der Waals surface area contributed by atoms with Crippen LogP contribution in [0.2, 0.25) is 0 Å². The Bertz CT molecular complexity index is 1280. The minimum absolute atomic E-state index is 0.0742. The van der Waals surface area contributed by atoms with Gasteiger partial charge in [0.15, 0.2) is 6.10 Å². The molecule has 0 amide bonds. The van der Waals surface area contributed by atoms with Gasteiger partial charge < -0.3 is 14.2 Å². The Balaban J connectivity index is 4.16. The zero-order chi connectivity index (χ0) is 53.6. The fraction of sp³-hybridized carbons (Fsp3) is 0.838. The molecule has 74 heavy (non-hydrogen) atoms. The number of carbonyl (C=O) groups is 3. The minimum Gasteiger partial charge on any atom is -0.462 e. The quantitative estimate of drug-likeness (QED) is 0.0261. The first-order valence-electron chi connectivity index (χ1n) is 32.6. The van der Waals surface area contributed by atoms with E-state index in [1.165, 1.54) is 218 Å². The Kier molecular flexibility index (Phi) is 60.7. The summed E-state index contributed by atoms with van der Waals surface area (Å²) in [6.45, 7) is 6.62. The van der Waals surface area contributed by atoms with E-state index in [2.05, 4.69) is 69.4 Å². The molecule has 0 rings (SSSR count). The molecule has 0 fully saturated rings. The fourth-order valence-electron chi connectivity index (χ4n) is 9.61. The van der Waals surface area contributed by atoms with Crippen LogP contribution >= 0.6 is 0 Å². The van der Waals surface area contributed by atoms with Crippen molar-refractivity contribution in [3.05, 3.63) is 48.6 Å². The summed E-state index contributed by atoms with van der Waals surface area (Å²) in [5.41, 5.74) is 0. The summed E-state index contributed by atoms with van der Waals surface area (Å²) in [5, 5.41) is 0. The smallest absolute Gasteiger partial charge is 0.306 e. The molecule has 6 heteroatoms. The Morgan fingerprint density at radius 3 is 0.784 bits per heavy atom. The van der Waals surface area contributed by atoms with Gasteiger partial charge in [-0.05, 0) is 77.0 Å². The lowest BCUT2D eigenvalue weighted by Gasteiger charge is -2.18. The van der Waals surface area contributed by atoms with Crippen molar-refractivity contribution in [2.75, 3.05) is 13.2 Å². The van der Waals surface area contributed by atoms with Crippen LogP contribution < -0.4 is 0 Å². The lowest BCUT2D eigenvalue weighted by molar-refractivity contribution is -0.167. The highest BCUT2D eigenvalue weighted by Crippen LogP contribution is 2.17. The maximum Gasteiger partial charge on any atom is 0.306 e. The fourth-order valence-corrected chi connectivity index (χ4v) is 9.61. The normalized spacial score (nSPS) is 12.3. The van der Waals surface area contributed by atoms with Gasteiger partial charge >= 0.3 is 17.9 Å². The lowest BCUT2D eigenvalue weighted by atomic mass is 10.0. The molecular weight excluding hydrogens is 913 g/mol. The van der Waals surface area contributed by atoms with E-state index in [9.17, 15) is 14.4 Å². The topological polar surface area (TPSA) is 78.9 Å². The Morgan fingerprint density at radius 2 is 0.500 bits per heavy atom. The molecule has 0 heterocycles. The molecule has 1 atom stereocenters. The number of hydrogen-bond donors (Lipinski definition) is 0. The van der Waals surface area contributed by atoms with Crippen molar-refractivity contribution >= 4 is 17.9 Å². The van der Waals surface area contributed by atoms with Crippen molar-refractivity contribution < 1.29 is 28.6 Å². The van der Waals surface area contributed by atoms with Crippen LogP contribution in [0.5, 0.6) is 0 Å². The van der Waals surface area contributed by atoms with Gasteiger partial charge in [-0.2, -0.15) is 0 Å². The summed E-state index contributed by atoms with van der Waals surface area (Å²) in [6, 6.07) is 0. The summed E-state index contributed by atoms with van der Waals surface area (Å²) in [5.74, 6) is -0.868. The van der Waals surface area contributed by atoms with E-state index in [1.54, 1.807) is 0 Å². The molecule has 0 aromatic heterocycles. The minimum atomic E-state index is -0.777. The second-order valence-electron chi connectivity index (χ2n) is 22.0. The summed E-state index contributed by atoms with van der Waals surface area (Å²) < 4.78 is 16.9. The van der Waals surface area contributed by atoms with Gasteiger partial charge in [-0.15, -0.1) is 0 Å². The SMILES string of the molecule is CCCC/C=C\C/C=C\CCCCCCCC(=O)OC(COC(=O)CCCCCCCCCCCCCCC)COC(=O)CCCCCCCCCCCCCCCCCCC/C=C\C/C=C\CCCCCCC. The van der Waals surface area contributed by atoms with Crippen molar-refractivity contribution in [1.29, 1.82) is 0 Å². The highest BCUT2D eigenvalue weighted by molar-refractivity contribution is 5.71. The van der Waals surface area contributed by atoms with Gasteiger partial charge in [0, 0.05) is 19.3 Å². The molecular formula is C68H124O6. The van der Waals surface area contributed by atoms with E-state index in [-0.39, 0.29) is 31.1 Å². The van der Waals surface area contributed by atoms with Crippen LogP contribution in [0.25, 0.3) is 0 Å². The van der Waals surface area contributed by atoms with E-state index < -0.39 is 6.10 Å². The molecule has 0 aliphatic rings. The maximum atomic E-state index is 12.9. The van der Waals surface area contributed by atoms with E-state index in [1.807, 2.05) is 0 Å². The van der Waals surface area contributed by atoms with E-state index in [4.69, 9.17) is 14.2 Å². The highest BCUT2D eigenvalue weighted by atomic mass is 16.6. The Morgan fingerprint density at radius 1 is 0.270 bits per heavy atom. The van der Waals surface area contributed by atoms with Gasteiger partial charge in [-0.1, -0.05) is 301 Å². The van der Waals surface area contributed by atoms with Crippen molar-refractivity contribution in [1.82, 2.24) is 0 Å². The molecule has 0 saturated carbocycles. The number of carbonyl (C=O) groups excluding carboxylic acids is 3. The largest absolute Gasteiger partial charge is 0.462 e. The van der Waals surface area contributed by atoms with Crippen LogP contribution in [-0.4, -0.2) is 37.2 Å². The molecule has 0 bridgehead atoms. The molecule has 0 aromatic rings. The number of allylic oxidation sites excluding steroid dienone is 8. The number of ether oxygens (including phenoxy) is 3. The molecule has 0 radical (unpaired) electrons. The number of hydrogen-bond acceptors (Lipinski definition) is 6. The van der Waals surface area contributed by atoms with Crippen molar-refractivity contribution in [3.8, 4) is 0 Å². The third-order valence-electron chi connectivity index (χ3n) is 14.6. The highest BCUT2D eigenvalue weighted by Gasteiger charge is 2.19. The number of rotatable bonds is 60. The molecule has 6 nitrogen and oxygen atoms in total. The maximum absolute atomic E-state index is 12.9. The third-order valence-corrected chi connectivity index (χ3v) is 14.6. The molecule has 0 aromatic carbocycles. The molecule has 0 saturated heterocycles. The van der Waals surface area contributed by atoms with Crippen LogP contribution in [0.4, 0.5) is 0 Å². The van der Waals surface area contributed by atoms with Gasteiger partial charge in [0.2, 0.25) is 0 Å². The predicted molar refractivity (Wildman–Crippen MR) is 321 cm³/mol. The summed E-state index contributed by atoms with van der Waals surface area (Å²) >= 11 is 0. The van der Waals surface area contributed by atoms with Crippen molar-refractivity contribution in [2.24, 2.45) is 0 Å². The second kappa shape index (κ2) is 62.9. The molecule has 1 unspecified atom stereocenters. The van der Waals surface area contributed by atoms with Gasteiger partial charge in [-0.25, -0.2) is 0 Å². The number of unbranched alkanes of at least 4 members (excludes halogenated alkanes) is 41. The predicted octanol–water partition coefficient (Wildman–Crippen LogP) is 22.2. The first-order chi connectivity index (χ1) is 36.5. The molecule has 432 valence electrons. The standard InChI is InChI=1S/C68H124O6/c1-4-7-10-13-16-19-22-25-27-28-29-30-31-32-33-34-35-36-37-38-39-40-41-44-46-49-52-55-58-61-67(70)73-64-65(63-72-66(69)60-57-54-51-48-45-42-24-21-18-15-12-9-6-3)74-68(71)62-59-56-53-50-47-43-26-23-20-17-14-11-8-5-2/h14,17,22-23,25-26,28-29,65H,4-13,15-16,18-21,24,27,30-64H2,1-3H3/b17-14-,25-22-,26-23-,29-28-. The first-order valence-corrected chi connectivity index (χ1v) is 32.6. The zero-order valence-corrected chi connectivity index (χ0v) is 49.6. The van der Waals surface area contributed by atoms with Crippen LogP contribution in [-0.2, 0) is 28.6 Å². The summed E-state index contributed by atoms with van der Waals surface area (Å²) in [4.78, 5) is 38.2. The zero-order valence-electron chi connectivity index (χ0n) is 49.6. The van der Waals surface area contributed by atoms with Crippen LogP contribution in [0.3, 0.4) is 0 Å². The molecule has 0 aliphatic carbocycles. The van der Waals surface area contributed by atoms with Gasteiger partial charge in [0.1, 0.15) is 13.2 Å². The number of esters is 3. The van der Waals surface area contributed by atoms with Gasteiger partial charge in [-0.3, -0.25) is 14.4 Å². The van der Waals surface area contributed by atoms with E-state index in [0.717, 1.165) is 89.9 Å². The molecule has 0 N–H and O–H groups in total. The van der Waals surface area contributed by atoms with Crippen LogP contribution in [0.15, 0.2) is 48.6 Å². The summed E-state index contributed by atoms with van der Waals surface area (Å²) in [7, 11) is 0. The van der Waals surface area contributed by atoms with E-state index in [0.29, 0.717) is 19.3 Å². The first kappa shape index (κ1) is 71.4. The average molecular weight is 1040 g/mol. The van der Waals surface area contributed by atoms with E-state index >= 15 is 0 Å². The molecule has 0 aliphatic heterocycles. The summed E-state index contributed by atoms with van der Waals surface area (Å²) in [6.07, 6.45) is 78.4. The Hall–Kier alpha value is -2.63. The molecule has 0 spiro atoms. The van der Waals surface area contributed by atoms with Gasteiger partial charge in [0.05, 0.1) is 0 Å². The van der Waals surface area contributed by atoms with Crippen LogP contribution in [0.1, 0.15) is 348 Å². The Labute approximate surface area is 460 Å². The van der Waals surface area contributed by atoms with Crippen LogP contribution in [0, 0.1) is 0 Å². The second-order valence-corrected chi connectivity index (χ2v) is 22.0. The van der Waals surface area contributed by atoms with Crippen molar-refractivity contribution in [3.63, 3.8) is 0 Å². The van der Waals surface area contributed by atoms with Crippen molar-refractivity contribution in [2.45, 2.75) is 354 Å². The lowest BCUT2D eigenvalue weighted by Crippen LogP contribution is -2.30. The monoisotopic (exact) mass is 1040 g/mol.